The Kier molecular flexibility index (Phi) is 3.88. The van der Waals surface area contributed by atoms with Crippen molar-refractivity contribution in [3.63, 3.8) is 0 Å². The maximum absolute atomic E-state index is 13.0. The number of hydrogen-bond acceptors (Lipinski definition) is 2. The van der Waals surface area contributed by atoms with E-state index in [0.717, 1.165) is 30.5 Å². The van der Waals surface area contributed by atoms with Gasteiger partial charge in [0.15, 0.2) is 0 Å². The van der Waals surface area contributed by atoms with E-state index in [4.69, 9.17) is 0 Å². The summed E-state index contributed by atoms with van der Waals surface area (Å²) < 4.78 is 14.8. The van der Waals surface area contributed by atoms with E-state index in [-0.39, 0.29) is 11.4 Å². The summed E-state index contributed by atoms with van der Waals surface area (Å²) in [6, 6.07) is 10.2. The van der Waals surface area contributed by atoms with Crippen LogP contribution in [0, 0.1) is 5.82 Å². The number of pyridine rings is 1. The van der Waals surface area contributed by atoms with E-state index in [0.29, 0.717) is 12.6 Å². The highest BCUT2D eigenvalue weighted by atomic mass is 19.1. The number of nitrogens with one attached hydrogen (secondary N) is 1. The lowest BCUT2D eigenvalue weighted by Gasteiger charge is -2.27. The lowest BCUT2D eigenvalue weighted by Crippen LogP contribution is -2.30. The van der Waals surface area contributed by atoms with E-state index in [1.165, 1.54) is 17.7 Å². The summed E-state index contributed by atoms with van der Waals surface area (Å²) in [5, 5.41) is 3.31. The number of halogens is 1. The number of hydrogen-bond donors (Lipinski definition) is 1. The number of benzene rings is 1. The van der Waals surface area contributed by atoms with Gasteiger partial charge in [-0.2, -0.15) is 0 Å². The van der Waals surface area contributed by atoms with Crippen LogP contribution < -0.4 is 10.9 Å². The van der Waals surface area contributed by atoms with Crippen LogP contribution in [0.2, 0.25) is 0 Å². The van der Waals surface area contributed by atoms with Gasteiger partial charge in [-0.15, -0.1) is 0 Å². The maximum atomic E-state index is 13.0. The van der Waals surface area contributed by atoms with Crippen molar-refractivity contribution in [2.75, 3.05) is 7.05 Å². The molecule has 0 radical (unpaired) electrons. The molecule has 3 rings (SSSR count). The third-order valence-corrected chi connectivity index (χ3v) is 4.21. The number of fused-ring (bicyclic) bond motifs is 1. The van der Waals surface area contributed by atoms with Gasteiger partial charge in [-0.25, -0.2) is 4.39 Å². The van der Waals surface area contributed by atoms with Crippen molar-refractivity contribution in [2.45, 2.75) is 31.8 Å². The first-order valence-electron chi connectivity index (χ1n) is 7.33. The minimum absolute atomic E-state index is 0.00910. The number of nitrogens with zero attached hydrogens (tertiary/aromatic N) is 1. The molecule has 1 aromatic carbocycles. The number of aromatic nitrogens is 1. The average molecular weight is 286 g/mol. The Hall–Kier alpha value is -1.94. The molecule has 0 amide bonds. The molecule has 0 aliphatic heterocycles. The molecule has 0 bridgehead atoms. The highest BCUT2D eigenvalue weighted by molar-refractivity contribution is 5.29. The van der Waals surface area contributed by atoms with Gasteiger partial charge < -0.3 is 9.88 Å². The van der Waals surface area contributed by atoms with E-state index in [1.54, 1.807) is 18.2 Å². The lowest BCUT2D eigenvalue weighted by molar-refractivity contribution is 0.473. The molecule has 0 saturated heterocycles. The van der Waals surface area contributed by atoms with E-state index < -0.39 is 0 Å². The highest BCUT2D eigenvalue weighted by Crippen LogP contribution is 2.28. The fraction of sp³-hybridized carbons (Fsp3) is 0.353. The topological polar surface area (TPSA) is 34.0 Å². The van der Waals surface area contributed by atoms with Crippen LogP contribution >= 0.6 is 0 Å². The largest absolute Gasteiger partial charge is 0.313 e. The van der Waals surface area contributed by atoms with Gasteiger partial charge in [0.05, 0.1) is 6.54 Å². The minimum Gasteiger partial charge on any atom is -0.313 e. The predicted molar refractivity (Wildman–Crippen MR) is 80.9 cm³/mol. The zero-order chi connectivity index (χ0) is 14.8. The van der Waals surface area contributed by atoms with Crippen LogP contribution in [-0.2, 0) is 13.0 Å². The van der Waals surface area contributed by atoms with Crippen LogP contribution in [0.3, 0.4) is 0 Å². The zero-order valence-electron chi connectivity index (χ0n) is 12.1. The molecule has 110 valence electrons. The van der Waals surface area contributed by atoms with Gasteiger partial charge in [0.25, 0.3) is 5.56 Å². The van der Waals surface area contributed by atoms with Crippen LogP contribution in [-0.4, -0.2) is 11.6 Å². The second-order valence-electron chi connectivity index (χ2n) is 5.52. The van der Waals surface area contributed by atoms with Gasteiger partial charge in [0.2, 0.25) is 0 Å². The molecule has 3 nitrogen and oxygen atoms in total. The van der Waals surface area contributed by atoms with Gasteiger partial charge in [0, 0.05) is 17.8 Å². The zero-order valence-corrected chi connectivity index (χ0v) is 12.1. The lowest BCUT2D eigenvalue weighted by atomic mass is 9.91. The second-order valence-corrected chi connectivity index (χ2v) is 5.52. The Bertz CT molecular complexity index is 691. The third kappa shape index (κ3) is 2.76. The second kappa shape index (κ2) is 5.82. The normalized spacial score (nSPS) is 17.5. The number of rotatable bonds is 3. The molecule has 1 unspecified atom stereocenters. The Morgan fingerprint density at radius 3 is 2.71 bits per heavy atom. The van der Waals surface area contributed by atoms with Crippen molar-refractivity contribution < 1.29 is 4.39 Å². The molecule has 2 aromatic rings. The first kappa shape index (κ1) is 14.0. The highest BCUT2D eigenvalue weighted by Gasteiger charge is 2.21. The Morgan fingerprint density at radius 1 is 1.24 bits per heavy atom. The van der Waals surface area contributed by atoms with E-state index >= 15 is 0 Å². The van der Waals surface area contributed by atoms with Gasteiger partial charge in [-0.1, -0.05) is 18.2 Å². The molecule has 1 aromatic heterocycles. The molecule has 1 atom stereocenters. The maximum Gasteiger partial charge on any atom is 0.251 e. The Labute approximate surface area is 123 Å². The van der Waals surface area contributed by atoms with Crippen LogP contribution in [0.4, 0.5) is 4.39 Å². The summed E-state index contributed by atoms with van der Waals surface area (Å²) in [6.45, 7) is 0.499. The van der Waals surface area contributed by atoms with E-state index in [1.807, 2.05) is 17.7 Å². The summed E-state index contributed by atoms with van der Waals surface area (Å²) in [7, 11) is 1.95. The molecule has 1 aliphatic carbocycles. The molecule has 1 heterocycles. The van der Waals surface area contributed by atoms with Gasteiger partial charge in [0.1, 0.15) is 5.82 Å². The standard InChI is InChI=1S/C17H19FN2O/c1-19-15-3-2-4-16-14(15)9-10-17(21)20(16)11-12-5-7-13(18)8-6-12/h5-10,15,19H,2-4,11H2,1H3. The SMILES string of the molecule is CNC1CCCc2c1ccc(=O)n2Cc1ccc(F)cc1. The Balaban J connectivity index is 2.02. The molecule has 4 heteroatoms. The van der Waals surface area contributed by atoms with Crippen LogP contribution in [0.25, 0.3) is 0 Å². The fourth-order valence-electron chi connectivity index (χ4n) is 3.11. The summed E-state index contributed by atoms with van der Waals surface area (Å²) in [5.74, 6) is -0.253. The minimum atomic E-state index is -0.253. The van der Waals surface area contributed by atoms with Crippen molar-refractivity contribution in [3.05, 3.63) is 69.4 Å². The molecule has 0 spiro atoms. The molecular weight excluding hydrogens is 267 g/mol. The van der Waals surface area contributed by atoms with Crippen molar-refractivity contribution in [2.24, 2.45) is 0 Å². The van der Waals surface area contributed by atoms with Crippen molar-refractivity contribution in [3.8, 4) is 0 Å². The summed E-state index contributed by atoms with van der Waals surface area (Å²) >= 11 is 0. The van der Waals surface area contributed by atoms with Crippen molar-refractivity contribution in [1.29, 1.82) is 0 Å². The van der Waals surface area contributed by atoms with E-state index in [9.17, 15) is 9.18 Å². The monoisotopic (exact) mass is 286 g/mol. The summed E-state index contributed by atoms with van der Waals surface area (Å²) in [4.78, 5) is 12.2. The summed E-state index contributed by atoms with van der Waals surface area (Å²) in [6.07, 6.45) is 3.09. The van der Waals surface area contributed by atoms with Crippen LogP contribution in [0.15, 0.2) is 41.2 Å². The fourth-order valence-corrected chi connectivity index (χ4v) is 3.11. The molecule has 0 fully saturated rings. The molecular formula is C17H19FN2O. The predicted octanol–water partition coefficient (Wildman–Crippen LogP) is 2.63. The quantitative estimate of drug-likeness (QED) is 0.941. The summed E-state index contributed by atoms with van der Waals surface area (Å²) in [5.41, 5.74) is 3.27. The van der Waals surface area contributed by atoms with Crippen LogP contribution in [0.5, 0.6) is 0 Å². The smallest absolute Gasteiger partial charge is 0.251 e. The molecule has 21 heavy (non-hydrogen) atoms. The van der Waals surface area contributed by atoms with Crippen molar-refractivity contribution >= 4 is 0 Å². The third-order valence-electron chi connectivity index (χ3n) is 4.21. The van der Waals surface area contributed by atoms with Gasteiger partial charge >= 0.3 is 0 Å². The first-order chi connectivity index (χ1) is 10.2. The Morgan fingerprint density at radius 2 is 2.00 bits per heavy atom. The van der Waals surface area contributed by atoms with Crippen molar-refractivity contribution in [1.82, 2.24) is 9.88 Å². The van der Waals surface area contributed by atoms with Crippen LogP contribution in [0.1, 0.15) is 35.7 Å². The van der Waals surface area contributed by atoms with Gasteiger partial charge in [-0.05, 0) is 49.6 Å². The van der Waals surface area contributed by atoms with E-state index in [2.05, 4.69) is 5.32 Å². The molecule has 1 aliphatic rings. The van der Waals surface area contributed by atoms with Gasteiger partial charge in [-0.3, -0.25) is 4.79 Å². The molecule has 1 N–H and O–H groups in total. The molecule has 0 saturated carbocycles. The first-order valence-corrected chi connectivity index (χ1v) is 7.33. The average Bonchev–Trinajstić information content (AvgIpc) is 2.51.